The van der Waals surface area contributed by atoms with Crippen molar-refractivity contribution >= 4 is 32.4 Å². The van der Waals surface area contributed by atoms with Crippen LogP contribution in [0.15, 0.2) is 24.4 Å². The molecule has 0 amide bonds. The van der Waals surface area contributed by atoms with E-state index in [1.54, 1.807) is 6.08 Å². The van der Waals surface area contributed by atoms with Gasteiger partial charge in [-0.1, -0.05) is 6.07 Å². The maximum atomic E-state index is 13.6. The molecular formula is C13H6BrF2N2O+. The van der Waals surface area contributed by atoms with E-state index in [1.165, 1.54) is 12.3 Å². The zero-order valence-corrected chi connectivity index (χ0v) is 11.0. The third-order valence-corrected chi connectivity index (χ3v) is 3.22. The highest BCUT2D eigenvalue weighted by molar-refractivity contribution is 9.18. The molecule has 0 atom stereocenters. The number of nitrogens with one attached hydrogen (secondary N) is 1. The molecule has 6 heteroatoms. The molecule has 1 aliphatic rings. The predicted molar refractivity (Wildman–Crippen MR) is 69.5 cm³/mol. The van der Waals surface area contributed by atoms with Crippen molar-refractivity contribution in [2.75, 3.05) is 0 Å². The van der Waals surface area contributed by atoms with Crippen molar-refractivity contribution in [1.82, 2.24) is 9.65 Å². The van der Waals surface area contributed by atoms with Gasteiger partial charge in [0.25, 0.3) is 4.62 Å². The van der Waals surface area contributed by atoms with Gasteiger partial charge in [0.15, 0.2) is 0 Å². The van der Waals surface area contributed by atoms with Crippen molar-refractivity contribution in [2.45, 2.75) is 0 Å². The number of fused-ring (bicyclic) bond motifs is 1. The number of aromatic nitrogens is 1. The van der Waals surface area contributed by atoms with Crippen molar-refractivity contribution in [3.8, 4) is 0 Å². The predicted octanol–water partition coefficient (Wildman–Crippen LogP) is 0.798. The Balaban J connectivity index is 2.20. The lowest BCUT2D eigenvalue weighted by atomic mass is 10.0. The van der Waals surface area contributed by atoms with Gasteiger partial charge in [-0.3, -0.25) is 4.79 Å². The van der Waals surface area contributed by atoms with E-state index in [1.807, 2.05) is 0 Å². The molecule has 1 aromatic heterocycles. The summed E-state index contributed by atoms with van der Waals surface area (Å²) in [5.41, 5.74) is 0.130. The Labute approximate surface area is 114 Å². The molecule has 1 aromatic carbocycles. The summed E-state index contributed by atoms with van der Waals surface area (Å²) in [5.74, 6) is -2.46. The molecule has 3 nitrogen and oxygen atoms in total. The molecule has 0 saturated carbocycles. The Hall–Kier alpha value is -2.04. The van der Waals surface area contributed by atoms with Gasteiger partial charge in [0, 0.05) is 22.0 Å². The molecule has 19 heavy (non-hydrogen) atoms. The van der Waals surface area contributed by atoms with Crippen LogP contribution < -0.4 is 15.4 Å². The highest BCUT2D eigenvalue weighted by Gasteiger charge is 2.24. The van der Waals surface area contributed by atoms with Gasteiger partial charge in [-0.25, -0.2) is 13.8 Å². The molecule has 0 aliphatic carbocycles. The highest BCUT2D eigenvalue weighted by Crippen LogP contribution is 2.15. The van der Waals surface area contributed by atoms with Gasteiger partial charge in [-0.05, 0) is 12.1 Å². The van der Waals surface area contributed by atoms with Crippen LogP contribution in [0.4, 0.5) is 8.78 Å². The normalized spacial score (nSPS) is 12.5. The van der Waals surface area contributed by atoms with E-state index in [9.17, 15) is 13.6 Å². The summed E-state index contributed by atoms with van der Waals surface area (Å²) < 4.78 is 31.8. The maximum Gasteiger partial charge on any atom is 0.382 e. The van der Waals surface area contributed by atoms with Crippen LogP contribution in [-0.2, 0) is 0 Å². The number of rotatable bonds is 2. The second-order valence-corrected chi connectivity index (χ2v) is 4.78. The van der Waals surface area contributed by atoms with E-state index in [-0.39, 0.29) is 5.56 Å². The molecule has 0 unspecified atom stereocenters. The number of nitrogens with zero attached hydrogens (tertiary/aromatic N) is 1. The molecule has 2 aromatic rings. The second-order valence-electron chi connectivity index (χ2n) is 3.97. The Morgan fingerprint density at radius 3 is 2.63 bits per heavy atom. The van der Waals surface area contributed by atoms with E-state index in [4.69, 9.17) is 0 Å². The van der Waals surface area contributed by atoms with Gasteiger partial charge in [-0.15, -0.1) is 0 Å². The van der Waals surface area contributed by atoms with E-state index >= 15 is 0 Å². The Morgan fingerprint density at radius 2 is 1.95 bits per heavy atom. The first kappa shape index (κ1) is 12.0. The summed E-state index contributed by atoms with van der Waals surface area (Å²) in [5, 5.41) is 0.527. The zero-order chi connectivity index (χ0) is 13.6. The molecule has 94 valence electrons. The van der Waals surface area contributed by atoms with Crippen LogP contribution in [0.2, 0.25) is 0 Å². The summed E-state index contributed by atoms with van der Waals surface area (Å²) in [7, 11) is 0. The molecule has 0 saturated heterocycles. The first-order chi connectivity index (χ1) is 9.08. The lowest BCUT2D eigenvalue weighted by molar-refractivity contribution is 0.103. The average molecular weight is 324 g/mol. The SMILES string of the molecule is O=C(c1c(F)cccc1F)c1c[nH]c2c1=CC(Br)=[N+]=2. The monoisotopic (exact) mass is 323 g/mol. The van der Waals surface area contributed by atoms with Gasteiger partial charge in [0.1, 0.15) is 23.0 Å². The first-order valence-electron chi connectivity index (χ1n) is 5.37. The van der Waals surface area contributed by atoms with Gasteiger partial charge in [0.2, 0.25) is 5.78 Å². The van der Waals surface area contributed by atoms with Crippen LogP contribution in [0.5, 0.6) is 0 Å². The number of hydrogen-bond acceptors (Lipinski definition) is 1. The van der Waals surface area contributed by atoms with Gasteiger partial charge in [-0.2, -0.15) is 4.67 Å². The number of carbonyl (C=O) groups is 1. The number of aromatic amines is 1. The lowest BCUT2D eigenvalue weighted by Gasteiger charge is -2.01. The standard InChI is InChI=1S/C13H5BrF2N2O/c14-10-4-6-7(5-17-13(6)18-10)12(19)11-8(15)2-1-3-9(11)16/h1-5H/p+1. The summed E-state index contributed by atoms with van der Waals surface area (Å²) in [4.78, 5) is 15.0. The molecule has 1 N–H and O–H groups in total. The van der Waals surface area contributed by atoms with Crippen LogP contribution >= 0.6 is 15.9 Å². The molecular weight excluding hydrogens is 318 g/mol. The van der Waals surface area contributed by atoms with Crippen molar-refractivity contribution in [1.29, 1.82) is 0 Å². The molecule has 0 radical (unpaired) electrons. The topological polar surface area (TPSA) is 47.0 Å². The van der Waals surface area contributed by atoms with E-state index in [0.29, 0.717) is 15.3 Å². The van der Waals surface area contributed by atoms with E-state index in [0.717, 1.165) is 12.1 Å². The minimum Gasteiger partial charge on any atom is -0.288 e. The Bertz CT molecular complexity index is 843. The number of halogens is 3. The fraction of sp³-hybridized carbons (Fsp3) is 0. The van der Waals surface area contributed by atoms with Gasteiger partial charge in [0.05, 0.1) is 11.1 Å². The van der Waals surface area contributed by atoms with Crippen molar-refractivity contribution in [3.63, 3.8) is 0 Å². The van der Waals surface area contributed by atoms with Crippen LogP contribution in [0, 0.1) is 11.6 Å². The van der Waals surface area contributed by atoms with Crippen molar-refractivity contribution in [2.24, 2.45) is 0 Å². The van der Waals surface area contributed by atoms with E-state index in [2.05, 4.69) is 25.6 Å². The Kier molecular flexibility index (Phi) is 2.69. The number of H-pyrrole nitrogens is 1. The third-order valence-electron chi connectivity index (χ3n) is 2.82. The van der Waals surface area contributed by atoms with Gasteiger partial charge < -0.3 is 0 Å². The van der Waals surface area contributed by atoms with E-state index < -0.39 is 23.0 Å². The summed E-state index contributed by atoms with van der Waals surface area (Å²) in [6, 6.07) is 3.33. The molecule has 3 rings (SSSR count). The zero-order valence-electron chi connectivity index (χ0n) is 9.38. The van der Waals surface area contributed by atoms with Crippen LogP contribution in [-0.4, -0.2) is 15.4 Å². The number of carbonyl (C=O) groups excluding carboxylic acids is 1. The Morgan fingerprint density at radius 1 is 1.26 bits per heavy atom. The fourth-order valence-electron chi connectivity index (χ4n) is 1.96. The van der Waals surface area contributed by atoms with Gasteiger partial charge >= 0.3 is 5.49 Å². The number of hydrogen-bond donors (Lipinski definition) is 1. The number of ketones is 1. The smallest absolute Gasteiger partial charge is 0.288 e. The third kappa shape index (κ3) is 1.85. The van der Waals surface area contributed by atoms with Crippen LogP contribution in [0.25, 0.3) is 6.08 Å². The lowest BCUT2D eigenvalue weighted by Crippen LogP contribution is -2.27. The first-order valence-corrected chi connectivity index (χ1v) is 6.16. The maximum absolute atomic E-state index is 13.6. The largest absolute Gasteiger partial charge is 0.382 e. The number of benzene rings is 1. The molecule has 0 fully saturated rings. The summed E-state index contributed by atoms with van der Waals surface area (Å²) in [6.07, 6.45) is 3.02. The van der Waals surface area contributed by atoms with Crippen LogP contribution in [0.1, 0.15) is 15.9 Å². The fourth-order valence-corrected chi connectivity index (χ4v) is 2.36. The molecule has 1 aliphatic heterocycles. The average Bonchev–Trinajstić information content (AvgIpc) is 2.87. The molecule has 0 bridgehead atoms. The summed E-state index contributed by atoms with van der Waals surface area (Å²) >= 11 is 3.18. The van der Waals surface area contributed by atoms with Crippen LogP contribution in [0.3, 0.4) is 0 Å². The quantitative estimate of drug-likeness (QED) is 0.645. The minimum absolute atomic E-state index is 0.192. The summed E-state index contributed by atoms with van der Waals surface area (Å²) in [6.45, 7) is 0. The van der Waals surface area contributed by atoms with Crippen molar-refractivity contribution in [3.05, 3.63) is 57.9 Å². The second kappa shape index (κ2) is 4.26. The molecule has 0 spiro atoms. The highest BCUT2D eigenvalue weighted by atomic mass is 79.9. The minimum atomic E-state index is -0.877. The molecule has 2 heterocycles. The van der Waals surface area contributed by atoms with Crippen molar-refractivity contribution < 1.29 is 13.6 Å².